The Bertz CT molecular complexity index is 1430. The molecule has 2 heterocycles. The molecule has 3 heteroatoms. The van der Waals surface area contributed by atoms with Gasteiger partial charge in [-0.3, -0.25) is 9.59 Å². The maximum atomic E-state index is 14.0. The van der Waals surface area contributed by atoms with Crippen LogP contribution in [-0.2, 0) is 25.5 Å². The van der Waals surface area contributed by atoms with Gasteiger partial charge in [0, 0.05) is 11.5 Å². The largest absolute Gasteiger partial charge is 0.348 e. The summed E-state index contributed by atoms with van der Waals surface area (Å²) in [5.41, 5.74) is 3.55. The third-order valence-corrected chi connectivity index (χ3v) is 7.66. The molecule has 0 saturated carbocycles. The van der Waals surface area contributed by atoms with Crippen molar-refractivity contribution in [3.8, 4) is 0 Å². The van der Waals surface area contributed by atoms with Crippen LogP contribution < -0.4 is 0 Å². The molecule has 0 amide bonds. The molecule has 2 aliphatic heterocycles. The molecule has 2 aliphatic carbocycles. The van der Waals surface area contributed by atoms with E-state index in [0.29, 0.717) is 11.1 Å². The molecule has 0 aromatic heterocycles. The van der Waals surface area contributed by atoms with Crippen LogP contribution in [-0.4, -0.2) is 11.6 Å². The fraction of sp³-hybridized carbons (Fsp3) is 0.133. The van der Waals surface area contributed by atoms with Gasteiger partial charge in [0.1, 0.15) is 11.2 Å². The van der Waals surface area contributed by atoms with E-state index in [1.54, 1.807) is 18.2 Å². The first-order valence-corrected chi connectivity index (χ1v) is 11.3. The van der Waals surface area contributed by atoms with Crippen molar-refractivity contribution >= 4 is 11.6 Å². The quantitative estimate of drug-likeness (QED) is 0.575. The van der Waals surface area contributed by atoms with Crippen LogP contribution in [0.1, 0.15) is 22.3 Å². The summed E-state index contributed by atoms with van der Waals surface area (Å²) in [7, 11) is 0. The first-order valence-electron chi connectivity index (χ1n) is 11.3. The molecule has 158 valence electrons. The molecule has 33 heavy (non-hydrogen) atoms. The Morgan fingerprint density at radius 2 is 1.24 bits per heavy atom. The maximum Gasteiger partial charge on any atom is 0.186 e. The normalized spacial score (nSPS) is 30.9. The van der Waals surface area contributed by atoms with Gasteiger partial charge in [-0.2, -0.15) is 0 Å². The summed E-state index contributed by atoms with van der Waals surface area (Å²) in [6, 6.07) is 28.4. The van der Waals surface area contributed by atoms with Crippen molar-refractivity contribution in [2.24, 2.45) is 11.8 Å². The van der Waals surface area contributed by atoms with Crippen LogP contribution in [0.2, 0.25) is 0 Å². The van der Waals surface area contributed by atoms with E-state index in [1.165, 1.54) is 0 Å². The number of carbonyl (C=O) groups is 2. The molecular formula is C30H20O3. The van der Waals surface area contributed by atoms with Gasteiger partial charge < -0.3 is 4.74 Å². The molecule has 0 spiro atoms. The molecule has 3 aromatic carbocycles. The second-order valence-electron chi connectivity index (χ2n) is 9.13. The lowest BCUT2D eigenvalue weighted by Gasteiger charge is -2.38. The lowest BCUT2D eigenvalue weighted by atomic mass is 9.59. The number of hydrogen-bond acceptors (Lipinski definition) is 3. The number of carbonyl (C=O) groups excluding carboxylic acids is 2. The van der Waals surface area contributed by atoms with E-state index in [0.717, 1.165) is 22.3 Å². The Labute approximate surface area is 191 Å². The van der Waals surface area contributed by atoms with E-state index in [9.17, 15) is 9.59 Å². The first-order chi connectivity index (χ1) is 16.2. The Kier molecular flexibility index (Phi) is 3.61. The van der Waals surface area contributed by atoms with Gasteiger partial charge in [-0.15, -0.1) is 0 Å². The van der Waals surface area contributed by atoms with E-state index in [1.807, 2.05) is 66.7 Å². The average molecular weight is 428 g/mol. The molecule has 1 saturated heterocycles. The summed E-state index contributed by atoms with van der Waals surface area (Å²) in [6.45, 7) is 0. The van der Waals surface area contributed by atoms with E-state index >= 15 is 0 Å². The molecule has 4 atom stereocenters. The van der Waals surface area contributed by atoms with Gasteiger partial charge in [-0.25, -0.2) is 0 Å². The number of allylic oxidation sites excluding steroid dienone is 5. The second kappa shape index (κ2) is 6.37. The van der Waals surface area contributed by atoms with Crippen molar-refractivity contribution in [1.82, 2.24) is 0 Å². The van der Waals surface area contributed by atoms with Crippen LogP contribution in [0.4, 0.5) is 0 Å². The molecule has 2 bridgehead atoms. The highest BCUT2D eigenvalue weighted by Crippen LogP contribution is 2.69. The molecule has 0 N–H and O–H groups in total. The summed E-state index contributed by atoms with van der Waals surface area (Å²) in [5.74, 6) is -0.864. The molecule has 3 nitrogen and oxygen atoms in total. The summed E-state index contributed by atoms with van der Waals surface area (Å²) in [5, 5.41) is 0. The number of ether oxygens (including phenoxy) is 1. The zero-order valence-electron chi connectivity index (χ0n) is 17.8. The van der Waals surface area contributed by atoms with Crippen LogP contribution in [0.25, 0.3) is 0 Å². The van der Waals surface area contributed by atoms with E-state index < -0.39 is 17.1 Å². The van der Waals surface area contributed by atoms with Crippen LogP contribution in [0, 0.1) is 11.8 Å². The van der Waals surface area contributed by atoms with Gasteiger partial charge in [0.05, 0.1) is 5.92 Å². The SMILES string of the molecule is O=C1C=CC2=CC(=O)[C@H]3[C@@H](C=C12)[C@]1(c2ccccc2)O[C@@]3(c2ccccc2)c2ccccc21. The Hall–Kier alpha value is -3.82. The smallest absolute Gasteiger partial charge is 0.186 e. The Balaban J connectivity index is 1.62. The van der Waals surface area contributed by atoms with Crippen molar-refractivity contribution in [3.63, 3.8) is 0 Å². The highest BCUT2D eigenvalue weighted by atomic mass is 16.5. The highest BCUT2D eigenvalue weighted by Gasteiger charge is 2.72. The van der Waals surface area contributed by atoms with Gasteiger partial charge >= 0.3 is 0 Å². The van der Waals surface area contributed by atoms with Gasteiger partial charge in [-0.1, -0.05) is 97.1 Å². The van der Waals surface area contributed by atoms with Crippen molar-refractivity contribution in [3.05, 3.63) is 143 Å². The third kappa shape index (κ3) is 2.18. The maximum absolute atomic E-state index is 14.0. The van der Waals surface area contributed by atoms with Gasteiger partial charge in [0.25, 0.3) is 0 Å². The summed E-state index contributed by atoms with van der Waals surface area (Å²) in [6.07, 6.45) is 6.97. The molecule has 7 rings (SSSR count). The van der Waals surface area contributed by atoms with Gasteiger partial charge in [-0.05, 0) is 40.0 Å². The number of fused-ring (bicyclic) bond motifs is 9. The lowest BCUT2D eigenvalue weighted by Crippen LogP contribution is -2.43. The van der Waals surface area contributed by atoms with Gasteiger partial charge in [0.2, 0.25) is 0 Å². The summed E-state index contributed by atoms with van der Waals surface area (Å²) < 4.78 is 7.22. The minimum Gasteiger partial charge on any atom is -0.348 e. The summed E-state index contributed by atoms with van der Waals surface area (Å²) >= 11 is 0. The zero-order chi connectivity index (χ0) is 22.2. The van der Waals surface area contributed by atoms with Gasteiger partial charge in [0.15, 0.2) is 11.6 Å². The Morgan fingerprint density at radius 3 is 1.91 bits per heavy atom. The third-order valence-electron chi connectivity index (χ3n) is 7.66. The van der Waals surface area contributed by atoms with E-state index in [4.69, 9.17) is 4.74 Å². The fourth-order valence-corrected chi connectivity index (χ4v) is 6.44. The number of rotatable bonds is 2. The molecular weight excluding hydrogens is 408 g/mol. The van der Waals surface area contributed by atoms with E-state index in [2.05, 4.69) is 24.3 Å². The van der Waals surface area contributed by atoms with Crippen molar-refractivity contribution < 1.29 is 14.3 Å². The highest BCUT2D eigenvalue weighted by molar-refractivity contribution is 6.14. The first kappa shape index (κ1) is 18.7. The van der Waals surface area contributed by atoms with Crippen LogP contribution >= 0.6 is 0 Å². The number of hydrogen-bond donors (Lipinski definition) is 0. The number of ketones is 2. The number of benzene rings is 3. The monoisotopic (exact) mass is 428 g/mol. The van der Waals surface area contributed by atoms with Crippen molar-refractivity contribution in [2.75, 3.05) is 0 Å². The predicted octanol–water partition coefficient (Wildman–Crippen LogP) is 5.02. The Morgan fingerprint density at radius 1 is 0.667 bits per heavy atom. The van der Waals surface area contributed by atoms with Crippen molar-refractivity contribution in [2.45, 2.75) is 11.2 Å². The van der Waals surface area contributed by atoms with E-state index in [-0.39, 0.29) is 17.5 Å². The topological polar surface area (TPSA) is 43.4 Å². The molecule has 4 aliphatic rings. The van der Waals surface area contributed by atoms with Crippen LogP contribution in [0.3, 0.4) is 0 Å². The predicted molar refractivity (Wildman–Crippen MR) is 124 cm³/mol. The fourth-order valence-electron chi connectivity index (χ4n) is 6.44. The molecule has 0 radical (unpaired) electrons. The molecule has 3 aromatic rings. The molecule has 1 fully saturated rings. The standard InChI is InChI=1S/C30H20O3/c31-26-16-15-19-17-27(32)28-25(18-22(19)26)29(20-9-3-1-4-10-20)23-13-7-8-14-24(23)30(28,33-29)21-11-5-2-6-12-21/h1-18,25,28H/t25-,28-,29-,30+/m1/s1. The zero-order valence-corrected chi connectivity index (χ0v) is 17.8. The minimum atomic E-state index is -0.936. The van der Waals surface area contributed by atoms with Crippen molar-refractivity contribution in [1.29, 1.82) is 0 Å². The van der Waals surface area contributed by atoms with Crippen LogP contribution in [0.5, 0.6) is 0 Å². The van der Waals surface area contributed by atoms with Crippen LogP contribution in [0.15, 0.2) is 120 Å². The summed E-state index contributed by atoms with van der Waals surface area (Å²) in [4.78, 5) is 26.7. The minimum absolute atomic E-state index is 0.00300. The average Bonchev–Trinajstić information content (AvgIpc) is 3.44. The second-order valence-corrected chi connectivity index (χ2v) is 9.13. The molecule has 0 unspecified atom stereocenters. The lowest BCUT2D eigenvalue weighted by molar-refractivity contribution is -0.123.